The van der Waals surface area contributed by atoms with E-state index < -0.39 is 0 Å². The van der Waals surface area contributed by atoms with Crippen LogP contribution in [0.15, 0.2) is 42.6 Å². The molecule has 0 fully saturated rings. The summed E-state index contributed by atoms with van der Waals surface area (Å²) in [6.45, 7) is 0. The van der Waals surface area contributed by atoms with E-state index in [2.05, 4.69) is 20.6 Å². The Morgan fingerprint density at radius 2 is 2.00 bits per heavy atom. The number of rotatable bonds is 2. The van der Waals surface area contributed by atoms with Crippen molar-refractivity contribution >= 4 is 11.0 Å². The van der Waals surface area contributed by atoms with E-state index in [4.69, 9.17) is 0 Å². The summed E-state index contributed by atoms with van der Waals surface area (Å²) < 4.78 is 2.07. The molecule has 4 heteroatoms. The molecule has 0 aliphatic carbocycles. The number of aromatic nitrogens is 3. The van der Waals surface area contributed by atoms with Gasteiger partial charge in [0.25, 0.3) is 0 Å². The van der Waals surface area contributed by atoms with E-state index >= 15 is 0 Å². The summed E-state index contributed by atoms with van der Waals surface area (Å²) in [4.78, 5) is 8.77. The van der Waals surface area contributed by atoms with E-state index in [9.17, 15) is 5.11 Å². The molecule has 0 saturated carbocycles. The van der Waals surface area contributed by atoms with Crippen molar-refractivity contribution in [2.75, 3.05) is 0 Å². The first kappa shape index (κ1) is 10.8. The van der Waals surface area contributed by atoms with Gasteiger partial charge in [-0.05, 0) is 24.3 Å². The summed E-state index contributed by atoms with van der Waals surface area (Å²) in [5.41, 5.74) is 3.01. The number of fused-ring (bicyclic) bond motifs is 1. The Balaban J connectivity index is 1.99. The predicted octanol–water partition coefficient (Wildman–Crippen LogP) is 2.26. The lowest BCUT2D eigenvalue weighted by Gasteiger charge is -2.02. The van der Waals surface area contributed by atoms with Gasteiger partial charge in [0.05, 0.1) is 17.2 Å². The van der Waals surface area contributed by atoms with Crippen LogP contribution in [-0.2, 0) is 13.5 Å². The highest BCUT2D eigenvalue weighted by molar-refractivity contribution is 5.75. The van der Waals surface area contributed by atoms with E-state index in [1.165, 1.54) is 6.20 Å². The number of aromatic hydroxyl groups is 1. The average Bonchev–Trinajstić information content (AvgIpc) is 2.70. The minimum Gasteiger partial charge on any atom is -0.506 e. The molecular formula is C14H13N3O. The molecule has 1 N–H and O–H groups in total. The van der Waals surface area contributed by atoms with Crippen LogP contribution in [-0.4, -0.2) is 19.6 Å². The lowest BCUT2D eigenvalue weighted by Crippen LogP contribution is -2.00. The van der Waals surface area contributed by atoms with Crippen LogP contribution in [0.5, 0.6) is 5.75 Å². The monoisotopic (exact) mass is 239 g/mol. The van der Waals surface area contributed by atoms with Crippen LogP contribution in [0.2, 0.25) is 0 Å². The van der Waals surface area contributed by atoms with Crippen molar-refractivity contribution in [1.29, 1.82) is 0 Å². The van der Waals surface area contributed by atoms with Crippen LogP contribution < -0.4 is 0 Å². The molecule has 0 spiro atoms. The molecule has 0 bridgehead atoms. The molecule has 0 aliphatic heterocycles. The Labute approximate surface area is 105 Å². The molecule has 3 rings (SSSR count). The zero-order valence-electron chi connectivity index (χ0n) is 10.0. The molecule has 2 heterocycles. The van der Waals surface area contributed by atoms with Gasteiger partial charge in [0.15, 0.2) is 0 Å². The molecule has 0 amide bonds. The zero-order chi connectivity index (χ0) is 12.5. The molecular weight excluding hydrogens is 226 g/mol. The van der Waals surface area contributed by atoms with Crippen LogP contribution in [0.25, 0.3) is 11.0 Å². The van der Waals surface area contributed by atoms with Gasteiger partial charge in [-0.25, -0.2) is 4.98 Å². The minimum absolute atomic E-state index is 0.184. The third-order valence-corrected chi connectivity index (χ3v) is 3.03. The largest absolute Gasteiger partial charge is 0.506 e. The summed E-state index contributed by atoms with van der Waals surface area (Å²) in [7, 11) is 2.01. The lowest BCUT2D eigenvalue weighted by molar-refractivity contribution is 0.472. The third kappa shape index (κ3) is 1.82. The summed E-state index contributed by atoms with van der Waals surface area (Å²) in [5, 5.41) is 9.21. The molecule has 2 aromatic heterocycles. The maximum absolute atomic E-state index is 9.21. The molecule has 3 aromatic rings. The second-order valence-electron chi connectivity index (χ2n) is 4.26. The predicted molar refractivity (Wildman–Crippen MR) is 69.4 cm³/mol. The minimum atomic E-state index is 0.184. The molecule has 0 radical (unpaired) electrons. The molecule has 1 aromatic carbocycles. The number of nitrogens with zero attached hydrogens (tertiary/aromatic N) is 3. The first-order chi connectivity index (χ1) is 8.74. The maximum Gasteiger partial charge on any atom is 0.133 e. The van der Waals surface area contributed by atoms with E-state index in [1.807, 2.05) is 31.3 Å². The van der Waals surface area contributed by atoms with Gasteiger partial charge in [-0.1, -0.05) is 12.1 Å². The fraction of sp³-hybridized carbons (Fsp3) is 0.143. The van der Waals surface area contributed by atoms with Crippen LogP contribution in [0, 0.1) is 0 Å². The standard InChI is InChI=1S/C14H13N3O/c1-17-13-5-3-2-4-12(13)16-14(17)8-10-6-7-11(18)9-15-10/h2-7,9,18H,8H2,1H3. The van der Waals surface area contributed by atoms with Gasteiger partial charge in [0, 0.05) is 19.2 Å². The molecule has 0 unspecified atom stereocenters. The van der Waals surface area contributed by atoms with Gasteiger partial charge in [-0.3, -0.25) is 4.98 Å². The van der Waals surface area contributed by atoms with Crippen molar-refractivity contribution in [3.05, 3.63) is 54.1 Å². The fourth-order valence-electron chi connectivity index (χ4n) is 2.04. The van der Waals surface area contributed by atoms with Gasteiger partial charge in [-0.2, -0.15) is 0 Å². The van der Waals surface area contributed by atoms with Gasteiger partial charge in [-0.15, -0.1) is 0 Å². The van der Waals surface area contributed by atoms with Gasteiger partial charge in [0.1, 0.15) is 11.6 Å². The molecule has 0 saturated heterocycles. The molecule has 0 atom stereocenters. The third-order valence-electron chi connectivity index (χ3n) is 3.03. The van der Waals surface area contributed by atoms with Crippen molar-refractivity contribution in [2.24, 2.45) is 7.05 Å². The number of para-hydroxylation sites is 2. The smallest absolute Gasteiger partial charge is 0.133 e. The summed E-state index contributed by atoms with van der Waals surface area (Å²) in [5.74, 6) is 1.15. The highest BCUT2D eigenvalue weighted by Gasteiger charge is 2.08. The van der Waals surface area contributed by atoms with Gasteiger partial charge in [0.2, 0.25) is 0 Å². The van der Waals surface area contributed by atoms with Crippen LogP contribution in [0.1, 0.15) is 11.5 Å². The van der Waals surface area contributed by atoms with Gasteiger partial charge >= 0.3 is 0 Å². The highest BCUT2D eigenvalue weighted by Crippen LogP contribution is 2.16. The second-order valence-corrected chi connectivity index (χ2v) is 4.26. The molecule has 0 aliphatic rings. The fourth-order valence-corrected chi connectivity index (χ4v) is 2.04. The van der Waals surface area contributed by atoms with Crippen molar-refractivity contribution in [3.63, 3.8) is 0 Å². The Bertz CT molecular complexity index is 686. The summed E-state index contributed by atoms with van der Waals surface area (Å²) in [6, 6.07) is 11.5. The quantitative estimate of drug-likeness (QED) is 0.746. The summed E-state index contributed by atoms with van der Waals surface area (Å²) in [6.07, 6.45) is 2.11. The van der Waals surface area contributed by atoms with E-state index in [0.717, 1.165) is 22.6 Å². The first-order valence-corrected chi connectivity index (χ1v) is 5.78. The Morgan fingerprint density at radius 3 is 2.72 bits per heavy atom. The molecule has 18 heavy (non-hydrogen) atoms. The normalized spacial score (nSPS) is 10.9. The Kier molecular flexibility index (Phi) is 2.48. The number of aryl methyl sites for hydroxylation is 1. The number of hydrogen-bond acceptors (Lipinski definition) is 3. The van der Waals surface area contributed by atoms with Crippen molar-refractivity contribution in [1.82, 2.24) is 14.5 Å². The van der Waals surface area contributed by atoms with Gasteiger partial charge < -0.3 is 9.67 Å². The van der Waals surface area contributed by atoms with Crippen LogP contribution in [0.3, 0.4) is 0 Å². The average molecular weight is 239 g/mol. The first-order valence-electron chi connectivity index (χ1n) is 5.78. The lowest BCUT2D eigenvalue weighted by atomic mass is 10.2. The topological polar surface area (TPSA) is 50.9 Å². The van der Waals surface area contributed by atoms with Crippen LogP contribution in [0.4, 0.5) is 0 Å². The van der Waals surface area contributed by atoms with Crippen LogP contribution >= 0.6 is 0 Å². The molecule has 4 nitrogen and oxygen atoms in total. The number of hydrogen-bond donors (Lipinski definition) is 1. The number of pyridine rings is 1. The summed E-state index contributed by atoms with van der Waals surface area (Å²) >= 11 is 0. The Morgan fingerprint density at radius 1 is 1.17 bits per heavy atom. The van der Waals surface area contributed by atoms with E-state index in [0.29, 0.717) is 6.42 Å². The second kappa shape index (κ2) is 4.14. The van der Waals surface area contributed by atoms with Crippen molar-refractivity contribution < 1.29 is 5.11 Å². The Hall–Kier alpha value is -2.36. The molecule has 90 valence electrons. The number of imidazole rings is 1. The highest BCUT2D eigenvalue weighted by atomic mass is 16.3. The number of benzene rings is 1. The maximum atomic E-state index is 9.21. The SMILES string of the molecule is Cn1c(Cc2ccc(O)cn2)nc2ccccc21. The zero-order valence-corrected chi connectivity index (χ0v) is 10.0. The van der Waals surface area contributed by atoms with Crippen molar-refractivity contribution in [2.45, 2.75) is 6.42 Å². The van der Waals surface area contributed by atoms with Crippen molar-refractivity contribution in [3.8, 4) is 5.75 Å². The van der Waals surface area contributed by atoms with E-state index in [1.54, 1.807) is 6.07 Å². The van der Waals surface area contributed by atoms with E-state index in [-0.39, 0.29) is 5.75 Å².